The molecule has 2 aromatic rings. The summed E-state index contributed by atoms with van der Waals surface area (Å²) in [5.74, 6) is -0.392. The van der Waals surface area contributed by atoms with Gasteiger partial charge in [-0.1, -0.05) is 18.6 Å². The molecular formula is C22H27FN2O4S. The fourth-order valence-electron chi connectivity index (χ4n) is 3.56. The Morgan fingerprint density at radius 1 is 1.23 bits per heavy atom. The molecule has 1 N–H and O–H groups in total. The molecule has 3 rings (SSSR count). The summed E-state index contributed by atoms with van der Waals surface area (Å²) >= 11 is 0. The largest absolute Gasteiger partial charge is 0.492 e. The number of rotatable bonds is 7. The second kappa shape index (κ2) is 9.57. The van der Waals surface area contributed by atoms with Gasteiger partial charge >= 0.3 is 0 Å². The fourth-order valence-corrected chi connectivity index (χ4v) is 5.28. The minimum Gasteiger partial charge on any atom is -0.492 e. The Hall–Kier alpha value is -2.45. The molecule has 0 saturated carbocycles. The average Bonchev–Trinajstić information content (AvgIpc) is 2.71. The molecule has 0 radical (unpaired) electrons. The Kier molecular flexibility index (Phi) is 7.10. The smallest absolute Gasteiger partial charge is 0.251 e. The van der Waals surface area contributed by atoms with Crippen LogP contribution in [0.5, 0.6) is 5.75 Å². The van der Waals surface area contributed by atoms with E-state index in [0.717, 1.165) is 19.3 Å². The van der Waals surface area contributed by atoms with Gasteiger partial charge in [-0.3, -0.25) is 4.79 Å². The van der Waals surface area contributed by atoms with Crippen molar-refractivity contribution in [2.75, 3.05) is 19.7 Å². The second-order valence-corrected chi connectivity index (χ2v) is 9.39. The van der Waals surface area contributed by atoms with Gasteiger partial charge in [-0.05, 0) is 56.5 Å². The molecule has 0 aliphatic carbocycles. The second-order valence-electron chi connectivity index (χ2n) is 7.50. The van der Waals surface area contributed by atoms with Gasteiger partial charge in [0.25, 0.3) is 5.91 Å². The topological polar surface area (TPSA) is 75.7 Å². The molecule has 1 aliphatic rings. The van der Waals surface area contributed by atoms with Gasteiger partial charge in [0.05, 0.1) is 11.4 Å². The van der Waals surface area contributed by atoms with Crippen molar-refractivity contribution < 1.29 is 22.3 Å². The molecule has 162 valence electrons. The SMILES string of the molecule is Cc1ccc(S(=O)(=O)N2CCCCC2C)cc1C(=O)NCCOc1cccc(F)c1. The number of nitrogens with zero attached hydrogens (tertiary/aromatic N) is 1. The van der Waals surface area contributed by atoms with Gasteiger partial charge in [-0.25, -0.2) is 12.8 Å². The van der Waals surface area contributed by atoms with Crippen molar-refractivity contribution in [3.8, 4) is 5.75 Å². The third-order valence-corrected chi connectivity index (χ3v) is 7.26. The maximum absolute atomic E-state index is 13.2. The number of carbonyl (C=O) groups is 1. The molecule has 30 heavy (non-hydrogen) atoms. The highest BCUT2D eigenvalue weighted by Gasteiger charge is 2.31. The highest BCUT2D eigenvalue weighted by Crippen LogP contribution is 2.26. The number of benzene rings is 2. The highest BCUT2D eigenvalue weighted by molar-refractivity contribution is 7.89. The molecule has 1 fully saturated rings. The van der Waals surface area contributed by atoms with Gasteiger partial charge < -0.3 is 10.1 Å². The number of sulfonamides is 1. The van der Waals surface area contributed by atoms with Crippen molar-refractivity contribution in [2.45, 2.75) is 44.0 Å². The number of aryl methyl sites for hydroxylation is 1. The molecular weight excluding hydrogens is 407 g/mol. The van der Waals surface area contributed by atoms with Gasteiger partial charge in [0.1, 0.15) is 18.2 Å². The number of amides is 1. The molecule has 1 heterocycles. The molecule has 2 aromatic carbocycles. The van der Waals surface area contributed by atoms with Crippen molar-refractivity contribution in [3.05, 3.63) is 59.4 Å². The summed E-state index contributed by atoms with van der Waals surface area (Å²) in [6.45, 7) is 4.54. The van der Waals surface area contributed by atoms with Crippen molar-refractivity contribution in [2.24, 2.45) is 0 Å². The van der Waals surface area contributed by atoms with Gasteiger partial charge in [0, 0.05) is 24.2 Å². The van der Waals surface area contributed by atoms with Crippen LogP contribution in [-0.4, -0.2) is 44.4 Å². The maximum atomic E-state index is 13.2. The Morgan fingerprint density at radius 3 is 2.77 bits per heavy atom. The first-order chi connectivity index (χ1) is 14.3. The third-order valence-electron chi connectivity index (χ3n) is 5.25. The van der Waals surface area contributed by atoms with Crippen LogP contribution in [0.1, 0.15) is 42.1 Å². The summed E-state index contributed by atoms with van der Waals surface area (Å²) in [6.07, 6.45) is 2.70. The first-order valence-corrected chi connectivity index (χ1v) is 11.5. The summed E-state index contributed by atoms with van der Waals surface area (Å²) in [5, 5.41) is 2.73. The predicted octanol–water partition coefficient (Wildman–Crippen LogP) is 3.51. The number of hydrogen-bond donors (Lipinski definition) is 1. The van der Waals surface area contributed by atoms with E-state index >= 15 is 0 Å². The van der Waals surface area contributed by atoms with Crippen molar-refractivity contribution >= 4 is 15.9 Å². The number of halogens is 1. The van der Waals surface area contributed by atoms with Crippen LogP contribution < -0.4 is 10.1 Å². The van der Waals surface area contributed by atoms with E-state index in [-0.39, 0.29) is 30.0 Å². The Labute approximate surface area is 177 Å². The predicted molar refractivity (Wildman–Crippen MR) is 113 cm³/mol. The van der Waals surface area contributed by atoms with Crippen LogP contribution >= 0.6 is 0 Å². The van der Waals surface area contributed by atoms with Crippen molar-refractivity contribution in [1.82, 2.24) is 9.62 Å². The lowest BCUT2D eigenvalue weighted by Gasteiger charge is -2.32. The summed E-state index contributed by atoms with van der Waals surface area (Å²) < 4.78 is 46.2. The van der Waals surface area contributed by atoms with E-state index in [1.807, 2.05) is 6.92 Å². The van der Waals surface area contributed by atoms with E-state index in [2.05, 4.69) is 5.32 Å². The molecule has 1 unspecified atom stereocenters. The number of carbonyl (C=O) groups excluding carboxylic acids is 1. The van der Waals surface area contributed by atoms with Crippen LogP contribution in [0.2, 0.25) is 0 Å². The lowest BCUT2D eigenvalue weighted by molar-refractivity contribution is 0.0946. The molecule has 6 nitrogen and oxygen atoms in total. The van der Waals surface area contributed by atoms with Crippen LogP contribution in [0.4, 0.5) is 4.39 Å². The highest BCUT2D eigenvalue weighted by atomic mass is 32.2. The number of piperidine rings is 1. The number of hydrogen-bond acceptors (Lipinski definition) is 4. The minimum atomic E-state index is -3.66. The standard InChI is InChI=1S/C22H27FN2O4S/c1-16-9-10-20(30(27,28)25-12-4-3-6-17(25)2)15-21(16)22(26)24-11-13-29-19-8-5-7-18(23)14-19/h5,7-10,14-15,17H,3-4,6,11-13H2,1-2H3,(H,24,26). The summed E-state index contributed by atoms with van der Waals surface area (Å²) in [6, 6.07) is 10.4. The Morgan fingerprint density at radius 2 is 2.03 bits per heavy atom. The Balaban J connectivity index is 1.66. The van der Waals surface area contributed by atoms with Crippen LogP contribution in [0.3, 0.4) is 0 Å². The zero-order chi connectivity index (χ0) is 21.7. The quantitative estimate of drug-likeness (QED) is 0.677. The molecule has 1 aliphatic heterocycles. The van der Waals surface area contributed by atoms with E-state index in [4.69, 9.17) is 4.74 Å². The van der Waals surface area contributed by atoms with Gasteiger partial charge in [-0.15, -0.1) is 0 Å². The lowest BCUT2D eigenvalue weighted by atomic mass is 10.1. The van der Waals surface area contributed by atoms with Crippen molar-refractivity contribution in [1.29, 1.82) is 0 Å². The zero-order valence-electron chi connectivity index (χ0n) is 17.2. The van der Waals surface area contributed by atoms with E-state index in [0.29, 0.717) is 23.4 Å². The molecule has 0 spiro atoms. The van der Waals surface area contributed by atoms with E-state index < -0.39 is 15.8 Å². The van der Waals surface area contributed by atoms with Crippen molar-refractivity contribution in [3.63, 3.8) is 0 Å². The fraction of sp³-hybridized carbons (Fsp3) is 0.409. The van der Waals surface area contributed by atoms with E-state index in [9.17, 15) is 17.6 Å². The number of nitrogens with one attached hydrogen (secondary N) is 1. The monoisotopic (exact) mass is 434 g/mol. The molecule has 8 heteroatoms. The third kappa shape index (κ3) is 5.17. The van der Waals surface area contributed by atoms with Crippen LogP contribution in [0.25, 0.3) is 0 Å². The molecule has 1 atom stereocenters. The number of ether oxygens (including phenoxy) is 1. The summed E-state index contributed by atoms with van der Waals surface area (Å²) in [5.41, 5.74) is 0.996. The molecule has 1 saturated heterocycles. The van der Waals surface area contributed by atoms with Gasteiger partial charge in [-0.2, -0.15) is 4.31 Å². The summed E-state index contributed by atoms with van der Waals surface area (Å²) in [4.78, 5) is 12.7. The zero-order valence-corrected chi connectivity index (χ0v) is 18.0. The lowest BCUT2D eigenvalue weighted by Crippen LogP contribution is -2.42. The van der Waals surface area contributed by atoms with E-state index in [1.54, 1.807) is 31.2 Å². The van der Waals surface area contributed by atoms with E-state index in [1.165, 1.54) is 22.5 Å². The minimum absolute atomic E-state index is 0.0534. The first-order valence-electron chi connectivity index (χ1n) is 10.1. The normalized spacial score (nSPS) is 17.5. The first kappa shape index (κ1) is 22.2. The Bertz CT molecular complexity index is 1010. The van der Waals surface area contributed by atoms with Gasteiger partial charge in [0.15, 0.2) is 0 Å². The maximum Gasteiger partial charge on any atom is 0.251 e. The average molecular weight is 435 g/mol. The molecule has 0 aromatic heterocycles. The molecule has 1 amide bonds. The summed E-state index contributed by atoms with van der Waals surface area (Å²) in [7, 11) is -3.66. The van der Waals surface area contributed by atoms with Crippen LogP contribution in [0, 0.1) is 12.7 Å². The molecule has 0 bridgehead atoms. The van der Waals surface area contributed by atoms with Crippen LogP contribution in [0.15, 0.2) is 47.4 Å². The van der Waals surface area contributed by atoms with Crippen LogP contribution in [-0.2, 0) is 10.0 Å². The van der Waals surface area contributed by atoms with Gasteiger partial charge in [0.2, 0.25) is 10.0 Å².